The van der Waals surface area contributed by atoms with E-state index in [0.29, 0.717) is 5.92 Å². The third kappa shape index (κ3) is 2.48. The van der Waals surface area contributed by atoms with Gasteiger partial charge in [0.25, 0.3) is 0 Å². The van der Waals surface area contributed by atoms with E-state index in [0.717, 1.165) is 12.0 Å². The molecule has 3 atom stereocenters. The number of benzene rings is 1. The number of nitrogens with zero attached hydrogens (tertiary/aromatic N) is 1. The van der Waals surface area contributed by atoms with Crippen molar-refractivity contribution in [3.05, 3.63) is 35.6 Å². The largest absolute Gasteiger partial charge is 0.339 e. The van der Waals surface area contributed by atoms with Gasteiger partial charge < -0.3 is 4.90 Å². The van der Waals surface area contributed by atoms with Crippen molar-refractivity contribution in [3.8, 4) is 0 Å². The zero-order valence-electron chi connectivity index (χ0n) is 10.5. The second-order valence-electron chi connectivity index (χ2n) is 5.00. The fraction of sp³-hybridized carbons (Fsp3) is 0.500. The van der Waals surface area contributed by atoms with Gasteiger partial charge in [-0.1, -0.05) is 19.1 Å². The third-order valence-corrected chi connectivity index (χ3v) is 3.71. The lowest BCUT2D eigenvalue weighted by molar-refractivity contribution is -0.133. The van der Waals surface area contributed by atoms with Crippen molar-refractivity contribution < 1.29 is 9.18 Å². The lowest BCUT2D eigenvalue weighted by Crippen LogP contribution is -2.31. The molecule has 0 radical (unpaired) electrons. The van der Waals surface area contributed by atoms with Gasteiger partial charge in [0.15, 0.2) is 0 Å². The smallest absolute Gasteiger partial charge is 0.226 e. The molecule has 1 aliphatic carbocycles. The van der Waals surface area contributed by atoms with Crippen molar-refractivity contribution in [2.45, 2.75) is 26.3 Å². The zero-order valence-corrected chi connectivity index (χ0v) is 10.5. The number of rotatable bonds is 3. The first-order valence-corrected chi connectivity index (χ1v) is 6.03. The Kier molecular flexibility index (Phi) is 3.18. The molecule has 3 unspecified atom stereocenters. The summed E-state index contributed by atoms with van der Waals surface area (Å²) in [6, 6.07) is 6.34. The highest BCUT2D eigenvalue weighted by atomic mass is 19.1. The molecular formula is C14H18FNO. The Morgan fingerprint density at radius 1 is 1.41 bits per heavy atom. The van der Waals surface area contributed by atoms with Crippen molar-refractivity contribution in [2.75, 3.05) is 7.05 Å². The van der Waals surface area contributed by atoms with Crippen LogP contribution in [0.3, 0.4) is 0 Å². The van der Waals surface area contributed by atoms with E-state index in [9.17, 15) is 9.18 Å². The van der Waals surface area contributed by atoms with Gasteiger partial charge in [-0.25, -0.2) is 4.39 Å². The summed E-state index contributed by atoms with van der Waals surface area (Å²) >= 11 is 0. The van der Waals surface area contributed by atoms with Crippen LogP contribution in [0.5, 0.6) is 0 Å². The van der Waals surface area contributed by atoms with Crippen molar-refractivity contribution in [1.29, 1.82) is 0 Å². The van der Waals surface area contributed by atoms with Crippen LogP contribution >= 0.6 is 0 Å². The first-order chi connectivity index (χ1) is 8.00. The van der Waals surface area contributed by atoms with Crippen LogP contribution in [0.1, 0.15) is 31.9 Å². The maximum atomic E-state index is 12.8. The van der Waals surface area contributed by atoms with Crippen molar-refractivity contribution >= 4 is 5.91 Å². The minimum Gasteiger partial charge on any atom is -0.339 e. The van der Waals surface area contributed by atoms with E-state index in [2.05, 4.69) is 6.92 Å². The van der Waals surface area contributed by atoms with E-state index in [-0.39, 0.29) is 23.7 Å². The molecule has 0 spiro atoms. The van der Waals surface area contributed by atoms with Crippen LogP contribution in [0.25, 0.3) is 0 Å². The highest BCUT2D eigenvalue weighted by Crippen LogP contribution is 2.40. The summed E-state index contributed by atoms with van der Waals surface area (Å²) in [7, 11) is 1.82. The van der Waals surface area contributed by atoms with Crippen LogP contribution < -0.4 is 0 Å². The van der Waals surface area contributed by atoms with Gasteiger partial charge in [0, 0.05) is 13.0 Å². The summed E-state index contributed by atoms with van der Waals surface area (Å²) in [4.78, 5) is 13.8. The molecule has 0 bridgehead atoms. The van der Waals surface area contributed by atoms with Gasteiger partial charge >= 0.3 is 0 Å². The normalized spacial score (nSPS) is 24.2. The average molecular weight is 235 g/mol. The summed E-state index contributed by atoms with van der Waals surface area (Å²) in [5.41, 5.74) is 0.968. The molecule has 1 fully saturated rings. The van der Waals surface area contributed by atoms with E-state index in [1.165, 1.54) is 12.1 Å². The van der Waals surface area contributed by atoms with Gasteiger partial charge in [-0.3, -0.25) is 4.79 Å². The first-order valence-electron chi connectivity index (χ1n) is 6.03. The first kappa shape index (κ1) is 12.1. The quantitative estimate of drug-likeness (QED) is 0.788. The number of carbonyl (C=O) groups is 1. The maximum Gasteiger partial charge on any atom is 0.226 e. The number of amides is 1. The summed E-state index contributed by atoms with van der Waals surface area (Å²) < 4.78 is 12.8. The Balaban J connectivity index is 2.06. The predicted octanol–water partition coefficient (Wildman–Crippen LogP) is 3.00. The molecule has 0 N–H and O–H groups in total. The molecule has 1 aliphatic rings. The Hall–Kier alpha value is -1.38. The minimum absolute atomic E-state index is 0.00380. The van der Waals surface area contributed by atoms with Gasteiger partial charge in [-0.15, -0.1) is 0 Å². The molecule has 3 heteroatoms. The summed E-state index contributed by atoms with van der Waals surface area (Å²) in [5.74, 6) is 0.674. The number of hydrogen-bond donors (Lipinski definition) is 0. The predicted molar refractivity (Wildman–Crippen MR) is 64.9 cm³/mol. The van der Waals surface area contributed by atoms with Crippen molar-refractivity contribution in [1.82, 2.24) is 4.90 Å². The highest BCUT2D eigenvalue weighted by molar-refractivity contribution is 5.81. The molecule has 0 heterocycles. The molecule has 92 valence electrons. The SMILES string of the molecule is CC1CC1C(=O)N(C)C(C)c1ccc(F)cc1. The number of hydrogen-bond acceptors (Lipinski definition) is 1. The van der Waals surface area contributed by atoms with Crippen LogP contribution in [0.4, 0.5) is 4.39 Å². The Morgan fingerprint density at radius 3 is 2.41 bits per heavy atom. The van der Waals surface area contributed by atoms with E-state index >= 15 is 0 Å². The lowest BCUT2D eigenvalue weighted by Gasteiger charge is -2.25. The number of halogens is 1. The Bertz CT molecular complexity index is 415. The fourth-order valence-electron chi connectivity index (χ4n) is 2.08. The van der Waals surface area contributed by atoms with Gasteiger partial charge in [-0.2, -0.15) is 0 Å². The Labute approximate surface area is 101 Å². The molecule has 1 aromatic carbocycles. The van der Waals surface area contributed by atoms with Crippen molar-refractivity contribution in [2.24, 2.45) is 11.8 Å². The van der Waals surface area contributed by atoms with Crippen LogP contribution in [0.15, 0.2) is 24.3 Å². The van der Waals surface area contributed by atoms with E-state index in [4.69, 9.17) is 0 Å². The summed E-state index contributed by atoms with van der Waals surface area (Å²) in [5, 5.41) is 0. The molecular weight excluding hydrogens is 217 g/mol. The highest BCUT2D eigenvalue weighted by Gasteiger charge is 2.41. The molecule has 17 heavy (non-hydrogen) atoms. The third-order valence-electron chi connectivity index (χ3n) is 3.71. The van der Waals surface area contributed by atoms with E-state index in [1.54, 1.807) is 17.0 Å². The van der Waals surface area contributed by atoms with Crippen LogP contribution in [0, 0.1) is 17.7 Å². The maximum absolute atomic E-state index is 12.8. The summed E-state index contributed by atoms with van der Waals surface area (Å²) in [6.45, 7) is 4.07. The summed E-state index contributed by atoms with van der Waals surface area (Å²) in [6.07, 6.45) is 0.999. The van der Waals surface area contributed by atoms with Gasteiger partial charge in [0.2, 0.25) is 5.91 Å². The average Bonchev–Trinajstić information content (AvgIpc) is 3.04. The van der Waals surface area contributed by atoms with Gasteiger partial charge in [0.1, 0.15) is 5.82 Å². The zero-order chi connectivity index (χ0) is 12.6. The van der Waals surface area contributed by atoms with Crippen LogP contribution in [-0.4, -0.2) is 17.9 Å². The van der Waals surface area contributed by atoms with E-state index in [1.807, 2.05) is 14.0 Å². The lowest BCUT2D eigenvalue weighted by atomic mass is 10.1. The Morgan fingerprint density at radius 2 is 1.94 bits per heavy atom. The molecule has 2 rings (SSSR count). The topological polar surface area (TPSA) is 20.3 Å². The monoisotopic (exact) mass is 235 g/mol. The number of carbonyl (C=O) groups excluding carboxylic acids is 1. The molecule has 2 nitrogen and oxygen atoms in total. The molecule has 0 aromatic heterocycles. The van der Waals surface area contributed by atoms with Gasteiger partial charge in [0.05, 0.1) is 6.04 Å². The second-order valence-corrected chi connectivity index (χ2v) is 5.00. The molecule has 0 aliphatic heterocycles. The van der Waals surface area contributed by atoms with Crippen LogP contribution in [-0.2, 0) is 4.79 Å². The molecule has 1 saturated carbocycles. The van der Waals surface area contributed by atoms with Crippen molar-refractivity contribution in [3.63, 3.8) is 0 Å². The minimum atomic E-state index is -0.245. The molecule has 1 amide bonds. The molecule has 0 saturated heterocycles. The second kappa shape index (κ2) is 4.47. The standard InChI is InChI=1S/C14H18FNO/c1-9-8-13(9)14(17)16(3)10(2)11-4-6-12(15)7-5-11/h4-7,9-10,13H,8H2,1-3H3. The fourth-order valence-corrected chi connectivity index (χ4v) is 2.08. The molecule has 1 aromatic rings. The van der Waals surface area contributed by atoms with E-state index < -0.39 is 0 Å². The van der Waals surface area contributed by atoms with Crippen LogP contribution in [0.2, 0.25) is 0 Å². The van der Waals surface area contributed by atoms with Gasteiger partial charge in [-0.05, 0) is 37.0 Å².